The van der Waals surface area contributed by atoms with Gasteiger partial charge in [-0.3, -0.25) is 9.88 Å². The Morgan fingerprint density at radius 2 is 2.19 bits per heavy atom. The summed E-state index contributed by atoms with van der Waals surface area (Å²) in [6, 6.07) is 4.51. The van der Waals surface area contributed by atoms with Crippen molar-refractivity contribution in [2.24, 2.45) is 0 Å². The second-order valence-electron chi connectivity index (χ2n) is 5.58. The molecule has 1 atom stereocenters. The smallest absolute Gasteiger partial charge is 0.317 e. The van der Waals surface area contributed by atoms with E-state index in [2.05, 4.69) is 29.0 Å². The second kappa shape index (κ2) is 7.41. The predicted octanol–water partition coefficient (Wildman–Crippen LogP) is 2.02. The molecule has 1 fully saturated rings. The number of nitrogens with one attached hydrogen (secondary N) is 1. The van der Waals surface area contributed by atoms with Gasteiger partial charge in [-0.05, 0) is 38.1 Å². The number of pyridine rings is 1. The van der Waals surface area contributed by atoms with Crippen LogP contribution >= 0.6 is 0 Å². The van der Waals surface area contributed by atoms with Gasteiger partial charge in [0.05, 0.1) is 0 Å². The topological polar surface area (TPSA) is 48.5 Å². The number of nitrogens with zero attached hydrogens (tertiary/aromatic N) is 3. The molecule has 116 valence electrons. The first-order valence-corrected chi connectivity index (χ1v) is 7.82. The molecule has 5 nitrogen and oxygen atoms in total. The Hall–Kier alpha value is -1.62. The maximum Gasteiger partial charge on any atom is 0.317 e. The molecule has 5 heteroatoms. The van der Waals surface area contributed by atoms with E-state index in [9.17, 15) is 4.79 Å². The second-order valence-corrected chi connectivity index (χ2v) is 5.58. The molecule has 21 heavy (non-hydrogen) atoms. The number of carbonyl (C=O) groups excluding carboxylic acids is 1. The summed E-state index contributed by atoms with van der Waals surface area (Å²) in [5.74, 6) is 0. The Morgan fingerprint density at radius 3 is 2.81 bits per heavy atom. The molecule has 0 radical (unpaired) electrons. The van der Waals surface area contributed by atoms with Gasteiger partial charge in [0.2, 0.25) is 0 Å². The van der Waals surface area contributed by atoms with E-state index in [4.69, 9.17) is 0 Å². The molecule has 1 aromatic heterocycles. The highest BCUT2D eigenvalue weighted by Gasteiger charge is 2.28. The number of rotatable bonds is 5. The molecule has 1 aliphatic rings. The highest BCUT2D eigenvalue weighted by atomic mass is 16.2. The van der Waals surface area contributed by atoms with Crippen molar-refractivity contribution in [3.63, 3.8) is 0 Å². The van der Waals surface area contributed by atoms with E-state index in [1.807, 2.05) is 30.2 Å². The van der Waals surface area contributed by atoms with Gasteiger partial charge in [-0.15, -0.1) is 0 Å². The minimum Gasteiger partial charge on any atom is -0.334 e. The standard InChI is InChI=1S/C16H26N4O/c1-4-19(5-2)15-8-9-20(12-15)16(21)18-11-14-7-6-13(3)17-10-14/h6-7,10,15H,4-5,8-9,11-12H2,1-3H3,(H,18,21)/t15-/m1/s1. The number of carbonyl (C=O) groups is 1. The number of amides is 2. The minimum atomic E-state index is 0.0326. The van der Waals surface area contributed by atoms with E-state index in [0.29, 0.717) is 12.6 Å². The summed E-state index contributed by atoms with van der Waals surface area (Å²) in [6.07, 6.45) is 2.89. The lowest BCUT2D eigenvalue weighted by atomic mass is 10.2. The highest BCUT2D eigenvalue weighted by Crippen LogP contribution is 2.15. The van der Waals surface area contributed by atoms with Gasteiger partial charge in [0.1, 0.15) is 0 Å². The molecule has 1 saturated heterocycles. The van der Waals surface area contributed by atoms with Crippen LogP contribution in [-0.2, 0) is 6.54 Å². The first-order chi connectivity index (χ1) is 10.1. The number of hydrogen-bond donors (Lipinski definition) is 1. The maximum absolute atomic E-state index is 12.2. The molecule has 0 spiro atoms. The summed E-state index contributed by atoms with van der Waals surface area (Å²) in [7, 11) is 0. The Bertz CT molecular complexity index is 456. The van der Waals surface area contributed by atoms with Crippen molar-refractivity contribution in [3.05, 3.63) is 29.6 Å². The molecular weight excluding hydrogens is 264 g/mol. The Kier molecular flexibility index (Phi) is 5.56. The van der Waals surface area contributed by atoms with E-state index in [1.165, 1.54) is 0 Å². The summed E-state index contributed by atoms with van der Waals surface area (Å²) in [6.45, 7) is 10.6. The Morgan fingerprint density at radius 1 is 1.43 bits per heavy atom. The zero-order valence-corrected chi connectivity index (χ0v) is 13.3. The van der Waals surface area contributed by atoms with Crippen LogP contribution in [0.2, 0.25) is 0 Å². The van der Waals surface area contributed by atoms with Gasteiger partial charge < -0.3 is 10.2 Å². The van der Waals surface area contributed by atoms with Crippen LogP contribution in [0.5, 0.6) is 0 Å². The van der Waals surface area contributed by atoms with Crippen molar-refractivity contribution in [2.45, 2.75) is 39.8 Å². The van der Waals surface area contributed by atoms with Crippen molar-refractivity contribution >= 4 is 6.03 Å². The first-order valence-electron chi connectivity index (χ1n) is 7.82. The quantitative estimate of drug-likeness (QED) is 0.902. The van der Waals surface area contributed by atoms with E-state index < -0.39 is 0 Å². The summed E-state index contributed by atoms with van der Waals surface area (Å²) in [5, 5.41) is 2.98. The van der Waals surface area contributed by atoms with E-state index in [1.54, 1.807) is 0 Å². The number of hydrogen-bond acceptors (Lipinski definition) is 3. The van der Waals surface area contributed by atoms with Gasteiger partial charge in [0.15, 0.2) is 0 Å². The lowest BCUT2D eigenvalue weighted by molar-refractivity contribution is 0.192. The van der Waals surface area contributed by atoms with Crippen molar-refractivity contribution < 1.29 is 4.79 Å². The molecule has 0 bridgehead atoms. The molecule has 0 saturated carbocycles. The maximum atomic E-state index is 12.2. The largest absolute Gasteiger partial charge is 0.334 e. The number of urea groups is 1. The minimum absolute atomic E-state index is 0.0326. The van der Waals surface area contributed by atoms with Crippen LogP contribution in [0, 0.1) is 6.92 Å². The molecule has 0 aromatic carbocycles. The number of aryl methyl sites for hydroxylation is 1. The fourth-order valence-corrected chi connectivity index (χ4v) is 2.86. The van der Waals surface area contributed by atoms with Gasteiger partial charge in [-0.2, -0.15) is 0 Å². The van der Waals surface area contributed by atoms with Gasteiger partial charge in [0, 0.05) is 37.6 Å². The summed E-state index contributed by atoms with van der Waals surface area (Å²) < 4.78 is 0. The van der Waals surface area contributed by atoms with Gasteiger partial charge in [0.25, 0.3) is 0 Å². The van der Waals surface area contributed by atoms with E-state index in [0.717, 1.165) is 43.9 Å². The third kappa shape index (κ3) is 4.17. The highest BCUT2D eigenvalue weighted by molar-refractivity contribution is 5.74. The van der Waals surface area contributed by atoms with Crippen molar-refractivity contribution in [1.29, 1.82) is 0 Å². The van der Waals surface area contributed by atoms with Crippen molar-refractivity contribution in [2.75, 3.05) is 26.2 Å². The zero-order valence-electron chi connectivity index (χ0n) is 13.3. The van der Waals surface area contributed by atoms with Crippen LogP contribution in [0.25, 0.3) is 0 Å². The van der Waals surface area contributed by atoms with Crippen molar-refractivity contribution in [3.8, 4) is 0 Å². The van der Waals surface area contributed by atoms with Crippen LogP contribution < -0.4 is 5.32 Å². The van der Waals surface area contributed by atoms with E-state index >= 15 is 0 Å². The SMILES string of the molecule is CCN(CC)[C@@H]1CCN(C(=O)NCc2ccc(C)nc2)C1. The number of likely N-dealkylation sites (tertiary alicyclic amines) is 1. The summed E-state index contributed by atoms with van der Waals surface area (Å²) >= 11 is 0. The summed E-state index contributed by atoms with van der Waals surface area (Å²) in [4.78, 5) is 20.8. The molecule has 1 aromatic rings. The Labute approximate surface area is 127 Å². The normalized spacial score (nSPS) is 18.3. The van der Waals surface area contributed by atoms with Gasteiger partial charge >= 0.3 is 6.03 Å². The lowest BCUT2D eigenvalue weighted by Gasteiger charge is -2.26. The fourth-order valence-electron chi connectivity index (χ4n) is 2.86. The number of aromatic nitrogens is 1. The average molecular weight is 290 g/mol. The number of likely N-dealkylation sites (N-methyl/N-ethyl adjacent to an activating group) is 1. The van der Waals surface area contributed by atoms with Crippen LogP contribution in [0.15, 0.2) is 18.3 Å². The zero-order chi connectivity index (χ0) is 15.2. The van der Waals surface area contributed by atoms with Gasteiger partial charge in [-0.1, -0.05) is 19.9 Å². The van der Waals surface area contributed by atoms with Crippen LogP contribution in [0.1, 0.15) is 31.5 Å². The summed E-state index contributed by atoms with van der Waals surface area (Å²) in [5.41, 5.74) is 2.03. The third-order valence-electron chi connectivity index (χ3n) is 4.20. The van der Waals surface area contributed by atoms with Crippen molar-refractivity contribution in [1.82, 2.24) is 20.1 Å². The van der Waals surface area contributed by atoms with Crippen LogP contribution in [-0.4, -0.2) is 53.0 Å². The fraction of sp³-hybridized carbons (Fsp3) is 0.625. The van der Waals surface area contributed by atoms with Gasteiger partial charge in [-0.25, -0.2) is 4.79 Å². The molecule has 0 unspecified atom stereocenters. The predicted molar refractivity (Wildman–Crippen MR) is 84.1 cm³/mol. The molecule has 0 aliphatic carbocycles. The third-order valence-corrected chi connectivity index (χ3v) is 4.20. The monoisotopic (exact) mass is 290 g/mol. The molecule has 2 amide bonds. The first kappa shape index (κ1) is 15.8. The van der Waals surface area contributed by atoms with Crippen LogP contribution in [0.3, 0.4) is 0 Å². The molecule has 2 heterocycles. The molecule has 1 N–H and O–H groups in total. The Balaban J connectivity index is 1.80. The average Bonchev–Trinajstić information content (AvgIpc) is 2.97. The lowest BCUT2D eigenvalue weighted by Crippen LogP contribution is -2.42. The van der Waals surface area contributed by atoms with Crippen LogP contribution in [0.4, 0.5) is 4.79 Å². The molecular formula is C16H26N4O. The van der Waals surface area contributed by atoms with E-state index in [-0.39, 0.29) is 6.03 Å². The molecule has 2 rings (SSSR count). The molecule has 1 aliphatic heterocycles.